The number of carboxylic acid groups (broad SMARTS) is 1. The summed E-state index contributed by atoms with van der Waals surface area (Å²) in [6.07, 6.45) is -0.642. The summed E-state index contributed by atoms with van der Waals surface area (Å²) >= 11 is 5.98. The minimum atomic E-state index is -1.10. The van der Waals surface area contributed by atoms with Gasteiger partial charge in [0.05, 0.1) is 24.2 Å². The minimum absolute atomic E-state index is 0.462. The molecule has 1 amide bonds. The molecule has 124 valence electrons. The van der Waals surface area contributed by atoms with Gasteiger partial charge in [-0.25, -0.2) is 9.78 Å². The van der Waals surface area contributed by atoms with Crippen LogP contribution in [0.2, 0.25) is 5.02 Å². The van der Waals surface area contributed by atoms with Crippen LogP contribution in [0.1, 0.15) is 17.4 Å². The lowest BCUT2D eigenvalue weighted by Gasteiger charge is -2.15. The first-order chi connectivity index (χ1) is 11.5. The van der Waals surface area contributed by atoms with Crippen molar-refractivity contribution in [3.63, 3.8) is 0 Å². The average molecular weight is 346 g/mol. The van der Waals surface area contributed by atoms with Crippen LogP contribution in [-0.4, -0.2) is 28.3 Å². The van der Waals surface area contributed by atoms with E-state index in [1.165, 1.54) is 0 Å². The predicted octanol–water partition coefficient (Wildman–Crippen LogP) is 3.78. The lowest BCUT2D eigenvalue weighted by atomic mass is 10.1. The van der Waals surface area contributed by atoms with Gasteiger partial charge in [-0.2, -0.15) is 0 Å². The first kappa shape index (κ1) is 16.1. The number of amides is 1. The Morgan fingerprint density at radius 1 is 1.33 bits per heavy atom. The Labute approximate surface area is 143 Å². The third kappa shape index (κ3) is 3.60. The monoisotopic (exact) mass is 345 g/mol. The fraction of sp³-hybridized carbons (Fsp3) is 0.176. The number of ether oxygens (including phenoxy) is 1. The highest BCUT2D eigenvalue weighted by atomic mass is 35.5. The molecule has 1 aromatic heterocycles. The Kier molecular flexibility index (Phi) is 4.57. The van der Waals surface area contributed by atoms with Crippen LogP contribution in [0.4, 0.5) is 4.79 Å². The summed E-state index contributed by atoms with van der Waals surface area (Å²) < 4.78 is 5.13. The SMILES string of the molecule is COc1ccc(C[C@@H](NC(=O)O)c2nc3ccc(Cl)cc3[nH]2)cc1. The molecule has 6 nitrogen and oxygen atoms in total. The second-order valence-corrected chi connectivity index (χ2v) is 5.77. The molecule has 0 unspecified atom stereocenters. The highest BCUT2D eigenvalue weighted by molar-refractivity contribution is 6.31. The van der Waals surface area contributed by atoms with Crippen molar-refractivity contribution in [3.8, 4) is 5.75 Å². The van der Waals surface area contributed by atoms with Crippen molar-refractivity contribution in [3.05, 3.63) is 58.9 Å². The molecule has 0 radical (unpaired) electrons. The van der Waals surface area contributed by atoms with Gasteiger partial charge >= 0.3 is 6.09 Å². The van der Waals surface area contributed by atoms with E-state index >= 15 is 0 Å². The Morgan fingerprint density at radius 3 is 2.75 bits per heavy atom. The molecule has 3 rings (SSSR count). The fourth-order valence-electron chi connectivity index (χ4n) is 2.53. The quantitative estimate of drug-likeness (QED) is 0.656. The number of hydrogen-bond donors (Lipinski definition) is 3. The highest BCUT2D eigenvalue weighted by Gasteiger charge is 2.19. The van der Waals surface area contributed by atoms with Crippen LogP contribution in [-0.2, 0) is 6.42 Å². The van der Waals surface area contributed by atoms with Crippen molar-refractivity contribution >= 4 is 28.7 Å². The maximum absolute atomic E-state index is 11.1. The summed E-state index contributed by atoms with van der Waals surface area (Å²) in [4.78, 5) is 18.8. The standard InChI is InChI=1S/C17H16ClN3O3/c1-24-12-5-2-10(3-6-12)8-15(21-17(22)23)16-19-13-7-4-11(18)9-14(13)20-16/h2-7,9,15,21H,8H2,1H3,(H,19,20)(H,22,23)/t15-/m1/s1. The number of methoxy groups -OCH3 is 1. The zero-order valence-corrected chi connectivity index (χ0v) is 13.7. The molecule has 0 aliphatic heterocycles. The number of H-pyrrole nitrogens is 1. The highest BCUT2D eigenvalue weighted by Crippen LogP contribution is 2.23. The van der Waals surface area contributed by atoms with E-state index in [9.17, 15) is 4.79 Å². The van der Waals surface area contributed by atoms with Gasteiger partial charge in [-0.3, -0.25) is 0 Å². The second-order valence-electron chi connectivity index (χ2n) is 5.34. The minimum Gasteiger partial charge on any atom is -0.497 e. The number of nitrogens with zero attached hydrogens (tertiary/aromatic N) is 1. The first-order valence-corrected chi connectivity index (χ1v) is 7.70. The van der Waals surface area contributed by atoms with Gasteiger partial charge in [0, 0.05) is 11.4 Å². The topological polar surface area (TPSA) is 87.2 Å². The fourth-order valence-corrected chi connectivity index (χ4v) is 2.70. The predicted molar refractivity (Wildman–Crippen MR) is 91.7 cm³/mol. The van der Waals surface area contributed by atoms with Crippen molar-refractivity contribution < 1.29 is 14.6 Å². The molecule has 0 aliphatic rings. The van der Waals surface area contributed by atoms with Gasteiger partial charge in [0.15, 0.2) is 0 Å². The first-order valence-electron chi connectivity index (χ1n) is 7.32. The van der Waals surface area contributed by atoms with E-state index in [-0.39, 0.29) is 0 Å². The average Bonchev–Trinajstić information content (AvgIpc) is 2.97. The molecule has 3 aromatic rings. The molecule has 0 saturated carbocycles. The zero-order chi connectivity index (χ0) is 17.1. The summed E-state index contributed by atoms with van der Waals surface area (Å²) in [5.74, 6) is 1.30. The zero-order valence-electron chi connectivity index (χ0n) is 12.9. The van der Waals surface area contributed by atoms with Crippen LogP contribution in [0.5, 0.6) is 5.75 Å². The Hall–Kier alpha value is -2.73. The molecular formula is C17H16ClN3O3. The number of nitrogens with one attached hydrogen (secondary N) is 2. The van der Waals surface area contributed by atoms with Crippen LogP contribution >= 0.6 is 11.6 Å². The van der Waals surface area contributed by atoms with Gasteiger partial charge in [-0.1, -0.05) is 23.7 Å². The van der Waals surface area contributed by atoms with Crippen LogP contribution in [0.25, 0.3) is 11.0 Å². The lowest BCUT2D eigenvalue weighted by molar-refractivity contribution is 0.189. The van der Waals surface area contributed by atoms with Crippen molar-refractivity contribution in [2.75, 3.05) is 7.11 Å². The Morgan fingerprint density at radius 2 is 2.08 bits per heavy atom. The normalized spacial score (nSPS) is 12.1. The number of carbonyl (C=O) groups is 1. The van der Waals surface area contributed by atoms with Crippen LogP contribution < -0.4 is 10.1 Å². The van der Waals surface area contributed by atoms with Gasteiger partial charge in [-0.15, -0.1) is 0 Å². The molecule has 0 fully saturated rings. The van der Waals surface area contributed by atoms with E-state index in [1.54, 1.807) is 25.3 Å². The number of rotatable bonds is 5. The van der Waals surface area contributed by atoms with E-state index in [2.05, 4.69) is 15.3 Å². The van der Waals surface area contributed by atoms with Crippen LogP contribution in [0.15, 0.2) is 42.5 Å². The summed E-state index contributed by atoms with van der Waals surface area (Å²) in [5.41, 5.74) is 2.47. The molecule has 0 bridgehead atoms. The van der Waals surface area contributed by atoms with Gasteiger partial charge in [-0.05, 0) is 35.9 Å². The molecule has 3 N–H and O–H groups in total. The summed E-state index contributed by atoms with van der Waals surface area (Å²) in [5, 5.41) is 12.2. The summed E-state index contributed by atoms with van der Waals surface area (Å²) in [6.45, 7) is 0. The van der Waals surface area contributed by atoms with Crippen LogP contribution in [0.3, 0.4) is 0 Å². The number of aromatic nitrogens is 2. The van der Waals surface area contributed by atoms with Gasteiger partial charge in [0.1, 0.15) is 11.6 Å². The van der Waals surface area contributed by atoms with Crippen LogP contribution in [0, 0.1) is 0 Å². The molecule has 24 heavy (non-hydrogen) atoms. The molecular weight excluding hydrogens is 330 g/mol. The summed E-state index contributed by atoms with van der Waals surface area (Å²) in [6, 6.07) is 12.3. The number of aromatic amines is 1. The smallest absolute Gasteiger partial charge is 0.405 e. The van der Waals surface area contributed by atoms with E-state index in [1.807, 2.05) is 24.3 Å². The van der Waals surface area contributed by atoms with Crippen molar-refractivity contribution in [1.82, 2.24) is 15.3 Å². The number of hydrogen-bond acceptors (Lipinski definition) is 3. The maximum atomic E-state index is 11.1. The van der Waals surface area contributed by atoms with Crippen molar-refractivity contribution in [2.24, 2.45) is 0 Å². The van der Waals surface area contributed by atoms with Gasteiger partial charge in [0.2, 0.25) is 0 Å². The molecule has 7 heteroatoms. The van der Waals surface area contributed by atoms with E-state index in [4.69, 9.17) is 21.4 Å². The van der Waals surface area contributed by atoms with Gasteiger partial charge < -0.3 is 20.1 Å². The van der Waals surface area contributed by atoms with Crippen molar-refractivity contribution in [1.29, 1.82) is 0 Å². The van der Waals surface area contributed by atoms with Gasteiger partial charge in [0.25, 0.3) is 0 Å². The van der Waals surface area contributed by atoms with Crippen molar-refractivity contribution in [2.45, 2.75) is 12.5 Å². The van der Waals surface area contributed by atoms with E-state index in [0.29, 0.717) is 17.3 Å². The third-order valence-corrected chi connectivity index (χ3v) is 3.92. The Balaban J connectivity index is 1.90. The lowest BCUT2D eigenvalue weighted by Crippen LogP contribution is -2.29. The number of halogens is 1. The molecule has 1 atom stereocenters. The van der Waals surface area contributed by atoms with E-state index < -0.39 is 12.1 Å². The molecule has 0 saturated heterocycles. The maximum Gasteiger partial charge on any atom is 0.405 e. The largest absolute Gasteiger partial charge is 0.497 e. The molecule has 1 heterocycles. The second kappa shape index (κ2) is 6.80. The molecule has 0 aliphatic carbocycles. The molecule has 2 aromatic carbocycles. The number of benzene rings is 2. The third-order valence-electron chi connectivity index (χ3n) is 3.69. The summed E-state index contributed by atoms with van der Waals surface area (Å²) in [7, 11) is 1.60. The van der Waals surface area contributed by atoms with E-state index in [0.717, 1.165) is 22.3 Å². The number of imidazole rings is 1. The number of fused-ring (bicyclic) bond motifs is 1. The Bertz CT molecular complexity index is 861. The molecule has 0 spiro atoms.